The summed E-state index contributed by atoms with van der Waals surface area (Å²) in [6.45, 7) is 4.00. The van der Waals surface area contributed by atoms with Crippen LogP contribution in [0.2, 0.25) is 0 Å². The third-order valence-electron chi connectivity index (χ3n) is 4.00. The predicted octanol–water partition coefficient (Wildman–Crippen LogP) is 3.36. The number of ether oxygens (including phenoxy) is 2. The molecule has 1 unspecified atom stereocenters. The van der Waals surface area contributed by atoms with Crippen LogP contribution in [0.5, 0.6) is 0 Å². The van der Waals surface area contributed by atoms with E-state index in [-0.39, 0.29) is 12.1 Å². The van der Waals surface area contributed by atoms with Crippen LogP contribution < -0.4 is 0 Å². The molecule has 1 aromatic carbocycles. The lowest BCUT2D eigenvalue weighted by Crippen LogP contribution is -2.55. The Morgan fingerprint density at radius 3 is 2.43 bits per heavy atom. The summed E-state index contributed by atoms with van der Waals surface area (Å²) >= 11 is 12.9. The van der Waals surface area contributed by atoms with Crippen LogP contribution in [0.1, 0.15) is 12.0 Å². The van der Waals surface area contributed by atoms with E-state index < -0.39 is 21.8 Å². The number of benzene rings is 1. The fourth-order valence-electron chi connectivity index (χ4n) is 2.85. The minimum Gasteiger partial charge on any atom is -0.347 e. The Bertz CT molecular complexity index is 614. The molecule has 0 amide bonds. The third kappa shape index (κ3) is 2.85. The maximum Gasteiger partial charge on any atom is 0.236 e. The number of hydrogen-bond acceptors (Lipinski definition) is 4. The monoisotopic (exact) mass is 355 g/mol. The molecule has 1 saturated carbocycles. The first-order chi connectivity index (χ1) is 11.0. The zero-order valence-electron chi connectivity index (χ0n) is 13.1. The Morgan fingerprint density at radius 1 is 1.30 bits per heavy atom. The summed E-state index contributed by atoms with van der Waals surface area (Å²) in [7, 11) is 2.84. The highest BCUT2D eigenvalue weighted by atomic mass is 35.5. The molecular formula is C17H19Cl2NO3. The number of hydrogen-bond donors (Lipinski definition) is 0. The minimum atomic E-state index is -1.51. The van der Waals surface area contributed by atoms with Crippen molar-refractivity contribution in [1.29, 1.82) is 0 Å². The molecule has 6 heteroatoms. The van der Waals surface area contributed by atoms with Crippen LogP contribution in [-0.4, -0.2) is 41.8 Å². The van der Waals surface area contributed by atoms with Crippen molar-refractivity contribution in [3.8, 4) is 0 Å². The summed E-state index contributed by atoms with van der Waals surface area (Å²) in [6.07, 6.45) is 1.70. The SMILES string of the molecule is C=CC[C@@]1(Cl)C(=O)C(Cl)C(=NCc2ccccc2)C1(OC)OC. The van der Waals surface area contributed by atoms with E-state index in [4.69, 9.17) is 32.7 Å². The van der Waals surface area contributed by atoms with Crippen LogP contribution >= 0.6 is 23.2 Å². The smallest absolute Gasteiger partial charge is 0.236 e. The van der Waals surface area contributed by atoms with E-state index in [1.54, 1.807) is 6.08 Å². The number of halogens is 2. The molecule has 1 aliphatic rings. The maximum atomic E-state index is 12.6. The third-order valence-corrected chi connectivity index (χ3v) is 4.99. The molecule has 0 spiro atoms. The summed E-state index contributed by atoms with van der Waals surface area (Å²) in [5, 5.41) is -1.00. The molecule has 0 N–H and O–H groups in total. The Morgan fingerprint density at radius 2 is 1.91 bits per heavy atom. The van der Waals surface area contributed by atoms with Gasteiger partial charge in [0.2, 0.25) is 5.79 Å². The number of aliphatic imine (C=N–C) groups is 1. The molecule has 1 aliphatic carbocycles. The molecule has 4 nitrogen and oxygen atoms in total. The first kappa shape index (κ1) is 18.1. The molecule has 23 heavy (non-hydrogen) atoms. The van der Waals surface area contributed by atoms with Gasteiger partial charge in [-0.3, -0.25) is 9.79 Å². The second-order valence-electron chi connectivity index (χ2n) is 5.23. The fourth-order valence-corrected chi connectivity index (χ4v) is 3.78. The van der Waals surface area contributed by atoms with Gasteiger partial charge in [-0.15, -0.1) is 29.8 Å². The molecule has 0 radical (unpaired) electrons. The van der Waals surface area contributed by atoms with E-state index in [9.17, 15) is 4.79 Å². The van der Waals surface area contributed by atoms with Gasteiger partial charge >= 0.3 is 0 Å². The quantitative estimate of drug-likeness (QED) is 0.446. The Labute approximate surface area is 146 Å². The molecular weight excluding hydrogens is 337 g/mol. The summed E-state index contributed by atoms with van der Waals surface area (Å²) in [5.74, 6) is -1.91. The Hall–Kier alpha value is -1.20. The van der Waals surface area contributed by atoms with Crippen LogP contribution in [0, 0.1) is 0 Å². The molecule has 0 heterocycles. The van der Waals surface area contributed by atoms with Crippen LogP contribution in [-0.2, 0) is 20.8 Å². The highest BCUT2D eigenvalue weighted by Crippen LogP contribution is 2.47. The number of ketones is 1. The topological polar surface area (TPSA) is 47.9 Å². The van der Waals surface area contributed by atoms with E-state index >= 15 is 0 Å². The highest BCUT2D eigenvalue weighted by Gasteiger charge is 2.68. The van der Waals surface area contributed by atoms with Gasteiger partial charge in [-0.05, 0) is 12.0 Å². The van der Waals surface area contributed by atoms with Gasteiger partial charge in [0.15, 0.2) is 10.7 Å². The van der Waals surface area contributed by atoms with Crippen molar-refractivity contribution in [2.75, 3.05) is 14.2 Å². The lowest BCUT2D eigenvalue weighted by Gasteiger charge is -2.37. The maximum absolute atomic E-state index is 12.6. The second kappa shape index (κ2) is 7.14. The van der Waals surface area contributed by atoms with Crippen LogP contribution in [0.15, 0.2) is 48.0 Å². The number of carbonyl (C=O) groups is 1. The summed E-state index contributed by atoms with van der Waals surface area (Å²) in [5.41, 5.74) is 1.27. The summed E-state index contributed by atoms with van der Waals surface area (Å²) in [4.78, 5) is 15.6. The largest absolute Gasteiger partial charge is 0.347 e. The average molecular weight is 356 g/mol. The van der Waals surface area contributed by atoms with Gasteiger partial charge in [-0.1, -0.05) is 36.4 Å². The van der Waals surface area contributed by atoms with Crippen molar-refractivity contribution in [1.82, 2.24) is 0 Å². The molecule has 2 rings (SSSR count). The van der Waals surface area contributed by atoms with Crippen molar-refractivity contribution in [2.24, 2.45) is 4.99 Å². The van der Waals surface area contributed by atoms with Crippen LogP contribution in [0.4, 0.5) is 0 Å². The zero-order chi connectivity index (χ0) is 17.1. The van der Waals surface area contributed by atoms with Gasteiger partial charge in [0, 0.05) is 14.2 Å². The molecule has 0 aromatic heterocycles. The predicted molar refractivity (Wildman–Crippen MR) is 92.4 cm³/mol. The number of allylic oxidation sites excluding steroid dienone is 1. The van der Waals surface area contributed by atoms with E-state index in [1.165, 1.54) is 14.2 Å². The second-order valence-corrected chi connectivity index (χ2v) is 6.31. The lowest BCUT2D eigenvalue weighted by atomic mass is 9.95. The first-order valence-corrected chi connectivity index (χ1v) is 7.95. The van der Waals surface area contributed by atoms with Gasteiger partial charge in [-0.2, -0.15) is 0 Å². The zero-order valence-corrected chi connectivity index (χ0v) is 14.6. The molecule has 0 aliphatic heterocycles. The van der Waals surface area contributed by atoms with Crippen molar-refractivity contribution < 1.29 is 14.3 Å². The Balaban J connectivity index is 2.48. The average Bonchev–Trinajstić information content (AvgIpc) is 2.73. The number of rotatable bonds is 6. The fraction of sp³-hybridized carbons (Fsp3) is 0.412. The number of methoxy groups -OCH3 is 2. The van der Waals surface area contributed by atoms with E-state index in [2.05, 4.69) is 11.6 Å². The standard InChI is InChI=1S/C17H19Cl2NO3/c1-4-10-16(19)15(21)13(18)14(17(16,22-2)23-3)20-11-12-8-6-5-7-9-12/h4-9,13H,1,10-11H2,2-3H3/t13?,16-/m1/s1. The minimum absolute atomic E-state index is 0.155. The van der Waals surface area contributed by atoms with Gasteiger partial charge in [-0.25, -0.2) is 0 Å². The van der Waals surface area contributed by atoms with Gasteiger partial charge in [0.1, 0.15) is 5.38 Å². The summed E-state index contributed by atoms with van der Waals surface area (Å²) < 4.78 is 11.0. The molecule has 124 valence electrons. The molecule has 1 fully saturated rings. The number of carbonyl (C=O) groups excluding carboxylic acids is 1. The lowest BCUT2D eigenvalue weighted by molar-refractivity contribution is -0.174. The Kier molecular flexibility index (Phi) is 5.63. The van der Waals surface area contributed by atoms with Crippen molar-refractivity contribution in [3.63, 3.8) is 0 Å². The van der Waals surface area contributed by atoms with E-state index in [0.717, 1.165) is 5.56 Å². The van der Waals surface area contributed by atoms with Crippen LogP contribution in [0.3, 0.4) is 0 Å². The first-order valence-electron chi connectivity index (χ1n) is 7.14. The van der Waals surface area contributed by atoms with E-state index in [0.29, 0.717) is 6.54 Å². The number of alkyl halides is 2. The van der Waals surface area contributed by atoms with Crippen molar-refractivity contribution in [2.45, 2.75) is 29.0 Å². The van der Waals surface area contributed by atoms with Gasteiger partial charge in [0.05, 0.1) is 12.3 Å². The highest BCUT2D eigenvalue weighted by molar-refractivity contribution is 6.56. The molecule has 1 aromatic rings. The van der Waals surface area contributed by atoms with Gasteiger partial charge < -0.3 is 9.47 Å². The summed E-state index contributed by atoms with van der Waals surface area (Å²) in [6, 6.07) is 9.61. The van der Waals surface area contributed by atoms with E-state index in [1.807, 2.05) is 30.3 Å². The molecule has 2 atom stereocenters. The van der Waals surface area contributed by atoms with Crippen molar-refractivity contribution in [3.05, 3.63) is 48.6 Å². The number of Topliss-reactive ketones (excluding diaryl/α,β-unsaturated/α-hetero) is 1. The number of nitrogens with zero attached hydrogens (tertiary/aromatic N) is 1. The molecule has 0 saturated heterocycles. The van der Waals surface area contributed by atoms with Crippen LogP contribution in [0.25, 0.3) is 0 Å². The van der Waals surface area contributed by atoms with Crippen molar-refractivity contribution >= 4 is 34.7 Å². The normalized spacial score (nSPS) is 28.3. The van der Waals surface area contributed by atoms with Gasteiger partial charge in [0.25, 0.3) is 0 Å². The molecule has 0 bridgehead atoms.